The van der Waals surface area contributed by atoms with Crippen LogP contribution in [-0.4, -0.2) is 24.8 Å². The van der Waals surface area contributed by atoms with Crippen molar-refractivity contribution in [2.75, 3.05) is 7.11 Å². The Morgan fingerprint density at radius 1 is 1.00 bits per heavy atom. The average Bonchev–Trinajstić information content (AvgIpc) is 2.56. The number of hydrogen-bond acceptors (Lipinski definition) is 4. The van der Waals surface area contributed by atoms with Crippen molar-refractivity contribution in [2.45, 2.75) is 33.3 Å². The van der Waals surface area contributed by atoms with Crippen LogP contribution in [0.3, 0.4) is 0 Å². The second-order valence-electron chi connectivity index (χ2n) is 6.65. The quantitative estimate of drug-likeness (QED) is 0.669. The molecule has 0 spiro atoms. The summed E-state index contributed by atoms with van der Waals surface area (Å²) in [5.41, 5.74) is 0.843. The van der Waals surface area contributed by atoms with Crippen LogP contribution in [0.1, 0.15) is 33.3 Å². The van der Waals surface area contributed by atoms with Gasteiger partial charge in [-0.05, 0) is 49.6 Å². The zero-order valence-corrected chi connectivity index (χ0v) is 15.2. The number of allylic oxidation sites excluding steroid dienone is 1. The van der Waals surface area contributed by atoms with Crippen LogP contribution >= 0.6 is 0 Å². The lowest BCUT2D eigenvalue weighted by atomic mass is 9.98. The van der Waals surface area contributed by atoms with Crippen molar-refractivity contribution in [1.82, 2.24) is 5.32 Å². The molecule has 0 atom stereocenters. The van der Waals surface area contributed by atoms with Gasteiger partial charge >= 0.3 is 12.1 Å². The molecule has 0 aliphatic rings. The first kappa shape index (κ1) is 18.5. The van der Waals surface area contributed by atoms with Crippen molar-refractivity contribution in [3.8, 4) is 0 Å². The van der Waals surface area contributed by atoms with Crippen molar-refractivity contribution in [2.24, 2.45) is 0 Å². The summed E-state index contributed by atoms with van der Waals surface area (Å²) in [7, 11) is 1.27. The van der Waals surface area contributed by atoms with Gasteiger partial charge in [-0.15, -0.1) is 0 Å². The van der Waals surface area contributed by atoms with Crippen LogP contribution in [0.15, 0.2) is 48.2 Å². The molecule has 0 aliphatic heterocycles. The molecule has 2 aromatic rings. The Morgan fingerprint density at radius 2 is 1.64 bits per heavy atom. The van der Waals surface area contributed by atoms with Crippen LogP contribution in [0.25, 0.3) is 16.3 Å². The summed E-state index contributed by atoms with van der Waals surface area (Å²) in [5, 5.41) is 4.55. The molecular weight excluding hydrogens is 318 g/mol. The lowest BCUT2D eigenvalue weighted by Gasteiger charge is -2.21. The van der Waals surface area contributed by atoms with E-state index in [1.165, 1.54) is 7.11 Å². The first-order chi connectivity index (χ1) is 11.7. The lowest BCUT2D eigenvalue weighted by Crippen LogP contribution is -2.35. The molecule has 0 aliphatic carbocycles. The summed E-state index contributed by atoms with van der Waals surface area (Å²) in [6, 6.07) is 13.6. The lowest BCUT2D eigenvalue weighted by molar-refractivity contribution is -0.136. The molecule has 25 heavy (non-hydrogen) atoms. The third-order valence-corrected chi connectivity index (χ3v) is 3.58. The predicted molar refractivity (Wildman–Crippen MR) is 97.9 cm³/mol. The van der Waals surface area contributed by atoms with E-state index >= 15 is 0 Å². The highest BCUT2D eigenvalue weighted by Crippen LogP contribution is 2.27. The van der Waals surface area contributed by atoms with Crippen LogP contribution < -0.4 is 5.32 Å². The Labute approximate surface area is 147 Å². The van der Waals surface area contributed by atoms with E-state index in [1.54, 1.807) is 27.7 Å². The Bertz CT molecular complexity index is 826. The van der Waals surface area contributed by atoms with Crippen molar-refractivity contribution >= 4 is 28.4 Å². The van der Waals surface area contributed by atoms with Gasteiger partial charge in [-0.1, -0.05) is 42.5 Å². The van der Waals surface area contributed by atoms with Crippen LogP contribution in [-0.2, 0) is 14.3 Å². The third-order valence-electron chi connectivity index (χ3n) is 3.58. The van der Waals surface area contributed by atoms with Gasteiger partial charge in [-0.25, -0.2) is 9.59 Å². The van der Waals surface area contributed by atoms with E-state index in [-0.39, 0.29) is 5.70 Å². The fraction of sp³-hybridized carbons (Fsp3) is 0.300. The number of nitrogens with one attached hydrogen (secondary N) is 1. The molecule has 0 bridgehead atoms. The molecule has 0 saturated carbocycles. The van der Waals surface area contributed by atoms with Crippen molar-refractivity contribution < 1.29 is 19.1 Å². The van der Waals surface area contributed by atoms with E-state index in [0.29, 0.717) is 5.57 Å². The summed E-state index contributed by atoms with van der Waals surface area (Å²) in [6.45, 7) is 7.04. The van der Waals surface area contributed by atoms with E-state index in [1.807, 2.05) is 42.5 Å². The van der Waals surface area contributed by atoms with Crippen molar-refractivity contribution in [1.29, 1.82) is 0 Å². The third kappa shape index (κ3) is 4.59. The first-order valence-electron chi connectivity index (χ1n) is 8.00. The number of esters is 1. The largest absolute Gasteiger partial charge is 0.464 e. The second kappa shape index (κ2) is 7.38. The maximum Gasteiger partial charge on any atom is 0.412 e. The second-order valence-corrected chi connectivity index (χ2v) is 6.65. The molecule has 0 fully saturated rings. The maximum absolute atomic E-state index is 12.2. The minimum atomic E-state index is -0.701. The number of alkyl carbamates (subject to hydrolysis) is 1. The molecule has 2 aromatic carbocycles. The Kier molecular flexibility index (Phi) is 5.47. The highest BCUT2D eigenvalue weighted by atomic mass is 16.6. The summed E-state index contributed by atoms with van der Waals surface area (Å²) < 4.78 is 10.1. The maximum atomic E-state index is 12.2. The number of carbonyl (C=O) groups is 2. The number of hydrogen-bond donors (Lipinski definition) is 1. The fourth-order valence-corrected chi connectivity index (χ4v) is 2.49. The molecule has 1 amide bonds. The molecule has 0 heterocycles. The van der Waals surface area contributed by atoms with Crippen LogP contribution in [0.2, 0.25) is 0 Å². The standard InChI is InChI=1S/C20H23NO4/c1-13(15-12-8-10-14-9-6-7-11-16(14)15)17(18(22)24-5)21-19(23)25-20(2,3)4/h6-12H,1-5H3,(H,21,23)/b17-13+. The number of ether oxygens (including phenoxy) is 2. The molecular formula is C20H23NO4. The highest BCUT2D eigenvalue weighted by molar-refractivity contribution is 6.04. The molecule has 1 N–H and O–H groups in total. The van der Waals surface area contributed by atoms with Gasteiger partial charge in [0.15, 0.2) is 0 Å². The van der Waals surface area contributed by atoms with E-state index in [0.717, 1.165) is 16.3 Å². The van der Waals surface area contributed by atoms with Gasteiger partial charge in [0.2, 0.25) is 0 Å². The van der Waals surface area contributed by atoms with Gasteiger partial charge in [0, 0.05) is 0 Å². The number of methoxy groups -OCH3 is 1. The monoisotopic (exact) mass is 341 g/mol. The van der Waals surface area contributed by atoms with Gasteiger partial charge in [0.1, 0.15) is 11.3 Å². The molecule has 2 rings (SSSR count). The van der Waals surface area contributed by atoms with Gasteiger partial charge in [-0.3, -0.25) is 5.32 Å². The van der Waals surface area contributed by atoms with Crippen molar-refractivity contribution in [3.05, 3.63) is 53.7 Å². The van der Waals surface area contributed by atoms with E-state index < -0.39 is 17.7 Å². The molecule has 0 aromatic heterocycles. The fourth-order valence-electron chi connectivity index (χ4n) is 2.49. The molecule has 0 saturated heterocycles. The molecule has 5 heteroatoms. The SMILES string of the molecule is COC(=O)/C(NC(=O)OC(C)(C)C)=C(/C)c1cccc2ccccc12. The zero-order chi connectivity index (χ0) is 18.6. The van der Waals surface area contributed by atoms with E-state index in [2.05, 4.69) is 5.32 Å². The minimum absolute atomic E-state index is 0.0631. The number of carbonyl (C=O) groups excluding carboxylic acids is 2. The van der Waals surface area contributed by atoms with Gasteiger partial charge < -0.3 is 9.47 Å². The number of amides is 1. The Hall–Kier alpha value is -2.82. The average molecular weight is 341 g/mol. The summed E-state index contributed by atoms with van der Waals surface area (Å²) >= 11 is 0. The molecule has 0 unspecified atom stereocenters. The highest BCUT2D eigenvalue weighted by Gasteiger charge is 2.22. The summed E-state index contributed by atoms with van der Waals surface area (Å²) in [6.07, 6.45) is -0.701. The molecule has 0 radical (unpaired) electrons. The summed E-state index contributed by atoms with van der Waals surface area (Å²) in [5.74, 6) is -0.628. The van der Waals surface area contributed by atoms with Crippen LogP contribution in [0, 0.1) is 0 Å². The van der Waals surface area contributed by atoms with Crippen LogP contribution in [0.4, 0.5) is 4.79 Å². The van der Waals surface area contributed by atoms with Gasteiger partial charge in [-0.2, -0.15) is 0 Å². The minimum Gasteiger partial charge on any atom is -0.464 e. The Morgan fingerprint density at radius 3 is 2.28 bits per heavy atom. The molecule has 5 nitrogen and oxygen atoms in total. The number of fused-ring (bicyclic) bond motifs is 1. The van der Waals surface area contributed by atoms with Gasteiger partial charge in [0.25, 0.3) is 0 Å². The van der Waals surface area contributed by atoms with E-state index in [4.69, 9.17) is 9.47 Å². The Balaban J connectivity index is 2.50. The normalized spacial score (nSPS) is 12.4. The molecule has 132 valence electrons. The zero-order valence-electron chi connectivity index (χ0n) is 15.2. The first-order valence-corrected chi connectivity index (χ1v) is 8.00. The topological polar surface area (TPSA) is 64.6 Å². The smallest absolute Gasteiger partial charge is 0.412 e. The summed E-state index contributed by atoms with van der Waals surface area (Å²) in [4.78, 5) is 24.3. The number of benzene rings is 2. The van der Waals surface area contributed by atoms with E-state index in [9.17, 15) is 9.59 Å². The van der Waals surface area contributed by atoms with Crippen molar-refractivity contribution in [3.63, 3.8) is 0 Å². The van der Waals surface area contributed by atoms with Crippen LogP contribution in [0.5, 0.6) is 0 Å². The number of rotatable bonds is 3. The predicted octanol–water partition coefficient (Wildman–Crippen LogP) is 4.27. The van der Waals surface area contributed by atoms with Gasteiger partial charge in [0.05, 0.1) is 7.11 Å².